The van der Waals surface area contributed by atoms with Crippen molar-refractivity contribution in [1.82, 2.24) is 0 Å². The Hall–Kier alpha value is -0.530. The molecule has 2 heteroatoms. The molecule has 0 bridgehead atoms. The third kappa shape index (κ3) is 1.72. The van der Waals surface area contributed by atoms with Crippen LogP contribution in [-0.4, -0.2) is 11.2 Å². The maximum Gasteiger partial charge on any atom is 0.0609 e. The van der Waals surface area contributed by atoms with Crippen molar-refractivity contribution < 1.29 is 5.11 Å². The van der Waals surface area contributed by atoms with Gasteiger partial charge in [0.15, 0.2) is 0 Å². The molecule has 0 unspecified atom stereocenters. The second kappa shape index (κ2) is 3.69. The van der Waals surface area contributed by atoms with Gasteiger partial charge in [-0.1, -0.05) is 36.2 Å². The lowest BCUT2D eigenvalue weighted by atomic mass is 9.96. The van der Waals surface area contributed by atoms with Crippen molar-refractivity contribution >= 4 is 11.6 Å². The smallest absolute Gasteiger partial charge is 0.0609 e. The normalized spacial score (nSPS) is 27.8. The van der Waals surface area contributed by atoms with E-state index in [1.165, 1.54) is 0 Å². The number of hydrogen-bond acceptors (Lipinski definition) is 1. The molecule has 2 atom stereocenters. The fourth-order valence-electron chi connectivity index (χ4n) is 2.08. The van der Waals surface area contributed by atoms with E-state index >= 15 is 0 Å². The molecular formula is C11H13ClO. The van der Waals surface area contributed by atoms with Crippen LogP contribution >= 0.6 is 11.6 Å². The van der Waals surface area contributed by atoms with Gasteiger partial charge in [0.25, 0.3) is 0 Å². The minimum atomic E-state index is -0.195. The van der Waals surface area contributed by atoms with Crippen LogP contribution in [0.15, 0.2) is 24.3 Å². The summed E-state index contributed by atoms with van der Waals surface area (Å²) in [4.78, 5) is 0. The molecule has 13 heavy (non-hydrogen) atoms. The molecule has 1 nitrogen and oxygen atoms in total. The van der Waals surface area contributed by atoms with Gasteiger partial charge in [-0.25, -0.2) is 0 Å². The Kier molecular flexibility index (Phi) is 2.56. The van der Waals surface area contributed by atoms with Gasteiger partial charge in [0.2, 0.25) is 0 Å². The molecule has 1 aromatic carbocycles. The fourth-order valence-corrected chi connectivity index (χ4v) is 2.35. The predicted octanol–water partition coefficient (Wildman–Crippen LogP) is 2.97. The van der Waals surface area contributed by atoms with E-state index in [0.29, 0.717) is 0 Å². The van der Waals surface area contributed by atoms with Gasteiger partial charge in [0.05, 0.1) is 6.10 Å². The minimum Gasteiger partial charge on any atom is -0.392 e. The number of aliphatic hydroxyl groups is 1. The van der Waals surface area contributed by atoms with E-state index in [1.807, 2.05) is 24.3 Å². The average Bonchev–Trinajstić information content (AvgIpc) is 2.52. The van der Waals surface area contributed by atoms with Crippen LogP contribution in [0.4, 0.5) is 0 Å². The number of halogens is 1. The molecule has 1 aliphatic rings. The van der Waals surface area contributed by atoms with Crippen molar-refractivity contribution in [3.63, 3.8) is 0 Å². The Balaban J connectivity index is 2.29. The molecule has 0 aliphatic heterocycles. The Morgan fingerprint density at radius 1 is 1.23 bits per heavy atom. The molecule has 0 saturated heterocycles. The highest BCUT2D eigenvalue weighted by molar-refractivity contribution is 6.31. The molecule has 1 N–H and O–H groups in total. The quantitative estimate of drug-likeness (QED) is 0.732. The minimum absolute atomic E-state index is 0.195. The zero-order valence-electron chi connectivity index (χ0n) is 7.41. The fraction of sp³-hybridized carbons (Fsp3) is 0.455. The van der Waals surface area contributed by atoms with Gasteiger partial charge in [-0.2, -0.15) is 0 Å². The van der Waals surface area contributed by atoms with E-state index in [9.17, 15) is 5.11 Å². The van der Waals surface area contributed by atoms with Crippen molar-refractivity contribution in [2.24, 2.45) is 0 Å². The van der Waals surface area contributed by atoms with Crippen LogP contribution in [0.5, 0.6) is 0 Å². The highest BCUT2D eigenvalue weighted by Crippen LogP contribution is 2.37. The summed E-state index contributed by atoms with van der Waals surface area (Å²) < 4.78 is 0. The molecule has 1 fully saturated rings. The van der Waals surface area contributed by atoms with Crippen molar-refractivity contribution in [2.45, 2.75) is 31.3 Å². The zero-order valence-corrected chi connectivity index (χ0v) is 8.17. The third-order valence-electron chi connectivity index (χ3n) is 2.78. The second-order valence-electron chi connectivity index (χ2n) is 3.63. The molecule has 1 aliphatic carbocycles. The SMILES string of the molecule is O[C@@H]1CCC[C@@H]1c1ccccc1Cl. The van der Waals surface area contributed by atoms with Crippen LogP contribution in [0.1, 0.15) is 30.7 Å². The van der Waals surface area contributed by atoms with Gasteiger partial charge in [-0.3, -0.25) is 0 Å². The third-order valence-corrected chi connectivity index (χ3v) is 3.13. The van der Waals surface area contributed by atoms with E-state index in [1.54, 1.807) is 0 Å². The van der Waals surface area contributed by atoms with Gasteiger partial charge in [-0.15, -0.1) is 0 Å². The van der Waals surface area contributed by atoms with Gasteiger partial charge in [-0.05, 0) is 24.5 Å². The predicted molar refractivity (Wildman–Crippen MR) is 54.1 cm³/mol. The second-order valence-corrected chi connectivity index (χ2v) is 4.03. The maximum absolute atomic E-state index is 9.71. The number of aliphatic hydroxyl groups excluding tert-OH is 1. The molecule has 1 saturated carbocycles. The van der Waals surface area contributed by atoms with E-state index in [-0.39, 0.29) is 12.0 Å². The van der Waals surface area contributed by atoms with Gasteiger partial charge < -0.3 is 5.11 Å². The topological polar surface area (TPSA) is 20.2 Å². The van der Waals surface area contributed by atoms with Crippen molar-refractivity contribution in [3.05, 3.63) is 34.9 Å². The van der Waals surface area contributed by atoms with E-state index in [4.69, 9.17) is 11.6 Å². The summed E-state index contributed by atoms with van der Waals surface area (Å²) in [5, 5.41) is 10.5. The Morgan fingerprint density at radius 2 is 2.00 bits per heavy atom. The monoisotopic (exact) mass is 196 g/mol. The Bertz CT molecular complexity index is 298. The first kappa shape index (κ1) is 9.04. The van der Waals surface area contributed by atoms with E-state index in [0.717, 1.165) is 29.8 Å². The maximum atomic E-state index is 9.71. The summed E-state index contributed by atoms with van der Waals surface area (Å²) >= 11 is 6.06. The van der Waals surface area contributed by atoms with Crippen molar-refractivity contribution in [1.29, 1.82) is 0 Å². The highest BCUT2D eigenvalue weighted by atomic mass is 35.5. The molecule has 70 valence electrons. The van der Waals surface area contributed by atoms with Crippen LogP contribution < -0.4 is 0 Å². The lowest BCUT2D eigenvalue weighted by Crippen LogP contribution is -2.11. The summed E-state index contributed by atoms with van der Waals surface area (Å²) in [5.74, 6) is 0.258. The lowest BCUT2D eigenvalue weighted by Gasteiger charge is -2.15. The summed E-state index contributed by atoms with van der Waals surface area (Å²) in [6, 6.07) is 7.81. The van der Waals surface area contributed by atoms with Gasteiger partial charge >= 0.3 is 0 Å². The highest BCUT2D eigenvalue weighted by Gasteiger charge is 2.27. The van der Waals surface area contributed by atoms with Gasteiger partial charge in [0.1, 0.15) is 0 Å². The van der Waals surface area contributed by atoms with E-state index in [2.05, 4.69) is 0 Å². The number of rotatable bonds is 1. The van der Waals surface area contributed by atoms with Crippen molar-refractivity contribution in [3.8, 4) is 0 Å². The first-order chi connectivity index (χ1) is 6.29. The first-order valence-corrected chi connectivity index (χ1v) is 5.09. The van der Waals surface area contributed by atoms with Gasteiger partial charge in [0, 0.05) is 10.9 Å². The van der Waals surface area contributed by atoms with Crippen LogP contribution in [-0.2, 0) is 0 Å². The largest absolute Gasteiger partial charge is 0.392 e. The van der Waals surface area contributed by atoms with Crippen LogP contribution in [0.25, 0.3) is 0 Å². The molecule has 0 aromatic heterocycles. The molecule has 2 rings (SSSR count). The van der Waals surface area contributed by atoms with Crippen LogP contribution in [0, 0.1) is 0 Å². The molecule has 0 amide bonds. The standard InChI is InChI=1S/C11H13ClO/c12-10-6-2-1-4-8(10)9-5-3-7-11(9)13/h1-2,4,6,9,11,13H,3,5,7H2/t9-,11-/m1/s1. The molecule has 0 spiro atoms. The summed E-state index contributed by atoms with van der Waals surface area (Å²) in [7, 11) is 0. The Morgan fingerprint density at radius 3 is 2.62 bits per heavy atom. The molecule has 0 radical (unpaired) electrons. The first-order valence-electron chi connectivity index (χ1n) is 4.71. The molecular weight excluding hydrogens is 184 g/mol. The number of benzene rings is 1. The van der Waals surface area contributed by atoms with Crippen molar-refractivity contribution in [2.75, 3.05) is 0 Å². The average molecular weight is 197 g/mol. The Labute approximate surface area is 83.3 Å². The summed E-state index contributed by atoms with van der Waals surface area (Å²) in [6.07, 6.45) is 2.89. The number of hydrogen-bond donors (Lipinski definition) is 1. The molecule has 1 aromatic rings. The summed E-state index contributed by atoms with van der Waals surface area (Å²) in [5.41, 5.74) is 1.11. The summed E-state index contributed by atoms with van der Waals surface area (Å²) in [6.45, 7) is 0. The zero-order chi connectivity index (χ0) is 9.26. The van der Waals surface area contributed by atoms with Crippen LogP contribution in [0.3, 0.4) is 0 Å². The van der Waals surface area contributed by atoms with Crippen LogP contribution in [0.2, 0.25) is 5.02 Å². The van der Waals surface area contributed by atoms with E-state index < -0.39 is 0 Å². The molecule has 0 heterocycles. The lowest BCUT2D eigenvalue weighted by molar-refractivity contribution is 0.164.